The van der Waals surface area contributed by atoms with E-state index in [2.05, 4.69) is 9.47 Å². The Bertz CT molecular complexity index is 929. The highest BCUT2D eigenvalue weighted by molar-refractivity contribution is 7.85. The number of ether oxygens (including phenoxy) is 1. The van der Waals surface area contributed by atoms with Gasteiger partial charge in [0, 0.05) is 23.5 Å². The Morgan fingerprint density at radius 1 is 1.31 bits per heavy atom. The first-order valence-corrected chi connectivity index (χ1v) is 10.7. The fraction of sp³-hybridized carbons (Fsp3) is 0.556. The van der Waals surface area contributed by atoms with Crippen molar-refractivity contribution in [1.82, 2.24) is 9.47 Å². The van der Waals surface area contributed by atoms with Gasteiger partial charge in [-0.1, -0.05) is 0 Å². The van der Waals surface area contributed by atoms with E-state index in [1.165, 1.54) is 30.6 Å². The number of rotatable bonds is 0. The molecule has 1 saturated heterocycles. The van der Waals surface area contributed by atoms with E-state index in [-0.39, 0.29) is 5.82 Å². The number of hydrogen-bond acceptors (Lipinski definition) is 4. The molecule has 0 aliphatic carbocycles. The van der Waals surface area contributed by atoms with E-state index in [1.54, 1.807) is 12.1 Å². The first-order chi connectivity index (χ1) is 12.3. The third kappa shape index (κ3) is 3.26. The molecular weight excluding hydrogens is 359 g/mol. The summed E-state index contributed by atoms with van der Waals surface area (Å²) in [5.41, 5.74) is 3.90. The lowest BCUT2D eigenvalue weighted by molar-refractivity contribution is 0.0167. The Balaban J connectivity index is 0.000000301. The van der Waals surface area contributed by atoms with Gasteiger partial charge in [-0.05, 0) is 49.6 Å². The Hall–Kier alpha value is -1.48. The summed E-state index contributed by atoms with van der Waals surface area (Å²) in [6.07, 6.45) is 4.27. The predicted molar refractivity (Wildman–Crippen MR) is 96.1 cm³/mol. The zero-order valence-corrected chi connectivity index (χ0v) is 15.5. The largest absolute Gasteiger partial charge is 0.360 e. The van der Waals surface area contributed by atoms with Crippen LogP contribution in [0.1, 0.15) is 30.1 Å². The number of hydrogen-bond donors (Lipinski definition) is 1. The van der Waals surface area contributed by atoms with Crippen LogP contribution in [0.15, 0.2) is 18.2 Å². The van der Waals surface area contributed by atoms with Gasteiger partial charge in [0.05, 0.1) is 24.4 Å². The minimum absolute atomic E-state index is 0.136. The monoisotopic (exact) mass is 382 g/mol. The van der Waals surface area contributed by atoms with Gasteiger partial charge in [-0.2, -0.15) is 8.42 Å². The number of fused-ring (bicyclic) bond motifs is 3. The first-order valence-electron chi connectivity index (χ1n) is 8.87. The minimum atomic E-state index is -3.67. The molecule has 0 spiro atoms. The van der Waals surface area contributed by atoms with Gasteiger partial charge in [-0.25, -0.2) is 4.39 Å². The van der Waals surface area contributed by atoms with Crippen molar-refractivity contribution in [2.24, 2.45) is 5.92 Å². The summed E-state index contributed by atoms with van der Waals surface area (Å²) in [5.74, 6) is 0.455. The molecule has 1 unspecified atom stereocenters. The standard InChI is InChI=1S/C17H19FN2O.CH4O3S/c18-12-3-4-15-14(8-12)13-5-7-19-6-1-2-11-9-21-10-20(15)17(13)16(11)19;1-5(2,3)4/h3-4,8,11,16H,1-2,5-7,9-10H2;1H3,(H,2,3,4)/t11?,16-;/m0./s1. The van der Waals surface area contributed by atoms with Gasteiger partial charge in [0.25, 0.3) is 10.1 Å². The van der Waals surface area contributed by atoms with E-state index >= 15 is 0 Å². The van der Waals surface area contributed by atoms with Crippen LogP contribution in [0.3, 0.4) is 0 Å². The van der Waals surface area contributed by atoms with Crippen LogP contribution in [0.5, 0.6) is 0 Å². The SMILES string of the molecule is CS(=O)(=O)O.Fc1ccc2c(c1)c1c3n2COCC2CCCN(CC1)[C@H]32. The second kappa shape index (κ2) is 6.60. The molecule has 1 N–H and O–H groups in total. The maximum Gasteiger partial charge on any atom is 0.261 e. The molecule has 3 aliphatic rings. The molecule has 1 aromatic heterocycles. The first kappa shape index (κ1) is 17.9. The Labute approximate surface area is 152 Å². The van der Waals surface area contributed by atoms with Gasteiger partial charge < -0.3 is 9.30 Å². The summed E-state index contributed by atoms with van der Waals surface area (Å²) >= 11 is 0. The van der Waals surface area contributed by atoms with Crippen LogP contribution in [0.4, 0.5) is 4.39 Å². The molecule has 4 heterocycles. The van der Waals surface area contributed by atoms with Crippen molar-refractivity contribution in [1.29, 1.82) is 0 Å². The van der Waals surface area contributed by atoms with Crippen molar-refractivity contribution in [3.63, 3.8) is 0 Å². The second-order valence-electron chi connectivity index (χ2n) is 7.32. The van der Waals surface area contributed by atoms with E-state index in [0.717, 1.165) is 30.5 Å². The highest BCUT2D eigenvalue weighted by atomic mass is 32.2. The topological polar surface area (TPSA) is 71.8 Å². The van der Waals surface area contributed by atoms with Gasteiger partial charge in [0.2, 0.25) is 0 Å². The van der Waals surface area contributed by atoms with E-state index in [0.29, 0.717) is 24.9 Å². The van der Waals surface area contributed by atoms with Crippen molar-refractivity contribution >= 4 is 21.0 Å². The summed E-state index contributed by atoms with van der Waals surface area (Å²) in [5, 5.41) is 1.10. The van der Waals surface area contributed by atoms with Crippen LogP contribution in [0.2, 0.25) is 0 Å². The Morgan fingerprint density at radius 3 is 2.85 bits per heavy atom. The molecule has 0 amide bonds. The fourth-order valence-corrected chi connectivity index (χ4v) is 4.68. The molecule has 0 radical (unpaired) electrons. The molecule has 1 aromatic carbocycles. The summed E-state index contributed by atoms with van der Waals surface area (Å²) in [4.78, 5) is 2.62. The summed E-state index contributed by atoms with van der Waals surface area (Å²) in [6.45, 7) is 3.75. The molecule has 1 fully saturated rings. The predicted octanol–water partition coefficient (Wildman–Crippen LogP) is 2.58. The maximum absolute atomic E-state index is 13.7. The average Bonchev–Trinajstić information content (AvgIpc) is 2.73. The maximum atomic E-state index is 13.7. The molecule has 2 aromatic rings. The zero-order chi connectivity index (χ0) is 18.5. The lowest BCUT2D eigenvalue weighted by atomic mass is 9.83. The van der Waals surface area contributed by atoms with E-state index < -0.39 is 10.1 Å². The third-order valence-corrected chi connectivity index (χ3v) is 5.52. The summed E-state index contributed by atoms with van der Waals surface area (Å²) in [6, 6.07) is 5.67. The number of halogens is 1. The highest BCUT2D eigenvalue weighted by Crippen LogP contribution is 2.45. The van der Waals surface area contributed by atoms with Crippen LogP contribution in [-0.4, -0.2) is 48.4 Å². The molecule has 2 atom stereocenters. The summed E-state index contributed by atoms with van der Waals surface area (Å²) in [7, 11) is -3.67. The van der Waals surface area contributed by atoms with E-state index in [4.69, 9.17) is 9.29 Å². The van der Waals surface area contributed by atoms with Crippen molar-refractivity contribution < 1.29 is 22.1 Å². The molecule has 0 saturated carbocycles. The van der Waals surface area contributed by atoms with Gasteiger partial charge in [0.15, 0.2) is 0 Å². The zero-order valence-electron chi connectivity index (χ0n) is 14.7. The number of benzene rings is 1. The highest BCUT2D eigenvalue weighted by Gasteiger charge is 2.41. The number of aromatic nitrogens is 1. The van der Waals surface area contributed by atoms with Crippen molar-refractivity contribution in [3.05, 3.63) is 35.3 Å². The molecule has 26 heavy (non-hydrogen) atoms. The average molecular weight is 382 g/mol. The molecule has 0 bridgehead atoms. The Morgan fingerprint density at radius 2 is 2.08 bits per heavy atom. The van der Waals surface area contributed by atoms with Gasteiger partial charge in [-0.15, -0.1) is 0 Å². The van der Waals surface area contributed by atoms with Crippen molar-refractivity contribution in [2.45, 2.75) is 32.0 Å². The number of nitrogens with zero attached hydrogens (tertiary/aromatic N) is 2. The molecule has 8 heteroatoms. The molecular formula is C18H23FN2O4S. The van der Waals surface area contributed by atoms with Gasteiger partial charge in [-0.3, -0.25) is 9.45 Å². The quantitative estimate of drug-likeness (QED) is 0.709. The van der Waals surface area contributed by atoms with Crippen LogP contribution in [0.25, 0.3) is 10.9 Å². The van der Waals surface area contributed by atoms with Crippen molar-refractivity contribution in [3.8, 4) is 0 Å². The van der Waals surface area contributed by atoms with Crippen molar-refractivity contribution in [2.75, 3.05) is 26.0 Å². The van der Waals surface area contributed by atoms with E-state index in [9.17, 15) is 12.8 Å². The smallest absolute Gasteiger partial charge is 0.261 e. The van der Waals surface area contributed by atoms with Crippen LogP contribution in [0, 0.1) is 11.7 Å². The number of piperidine rings is 1. The lowest BCUT2D eigenvalue weighted by Crippen LogP contribution is -2.44. The van der Waals surface area contributed by atoms with Gasteiger partial charge in [0.1, 0.15) is 12.5 Å². The molecule has 3 aliphatic heterocycles. The van der Waals surface area contributed by atoms with Gasteiger partial charge >= 0.3 is 0 Å². The molecule has 6 nitrogen and oxygen atoms in total. The molecule has 5 rings (SSSR count). The minimum Gasteiger partial charge on any atom is -0.360 e. The van der Waals surface area contributed by atoms with Crippen LogP contribution < -0.4 is 0 Å². The normalized spacial score (nSPS) is 25.2. The van der Waals surface area contributed by atoms with Crippen LogP contribution in [-0.2, 0) is 28.0 Å². The summed E-state index contributed by atoms with van der Waals surface area (Å²) < 4.78 is 47.8. The lowest BCUT2D eigenvalue weighted by Gasteiger charge is -2.43. The molecule has 142 valence electrons. The second-order valence-corrected chi connectivity index (χ2v) is 8.79. The Kier molecular flexibility index (Phi) is 4.54. The van der Waals surface area contributed by atoms with Crippen LogP contribution >= 0.6 is 0 Å². The van der Waals surface area contributed by atoms with E-state index in [1.807, 2.05) is 6.07 Å². The fourth-order valence-electron chi connectivity index (χ4n) is 4.68. The third-order valence-electron chi connectivity index (χ3n) is 5.52.